The van der Waals surface area contributed by atoms with Crippen molar-refractivity contribution in [1.29, 1.82) is 0 Å². The summed E-state index contributed by atoms with van der Waals surface area (Å²) in [6.45, 7) is 3.83. The van der Waals surface area contributed by atoms with E-state index in [2.05, 4.69) is 10.3 Å². The third-order valence-corrected chi connectivity index (χ3v) is 6.57. The lowest BCUT2D eigenvalue weighted by molar-refractivity contribution is -0.123. The first-order valence-corrected chi connectivity index (χ1v) is 11.2. The fourth-order valence-electron chi connectivity index (χ4n) is 4.60. The van der Waals surface area contributed by atoms with Crippen molar-refractivity contribution in [3.8, 4) is 0 Å². The molecule has 2 fully saturated rings. The minimum atomic E-state index is 0.0684. The molecule has 1 aromatic heterocycles. The Morgan fingerprint density at radius 2 is 1.87 bits per heavy atom. The number of carbonyl (C=O) groups excluding carboxylic acids is 1. The Morgan fingerprint density at radius 1 is 1.13 bits per heavy atom. The first-order valence-electron chi connectivity index (χ1n) is 11.2. The van der Waals surface area contributed by atoms with E-state index in [0.717, 1.165) is 73.9 Å². The van der Waals surface area contributed by atoms with Crippen molar-refractivity contribution in [3.63, 3.8) is 0 Å². The number of hydrogen-bond acceptors (Lipinski definition) is 4. The average Bonchev–Trinajstić information content (AvgIpc) is 2.77. The van der Waals surface area contributed by atoms with Crippen LogP contribution in [0.3, 0.4) is 0 Å². The number of carbonyl (C=O) groups is 1. The molecule has 1 aromatic carbocycles. The molecule has 0 radical (unpaired) electrons. The zero-order valence-corrected chi connectivity index (χ0v) is 17.7. The predicted molar refractivity (Wildman–Crippen MR) is 116 cm³/mol. The second-order valence-corrected chi connectivity index (χ2v) is 8.72. The van der Waals surface area contributed by atoms with Gasteiger partial charge in [0.25, 0.3) is 0 Å². The minimum absolute atomic E-state index is 0.0684. The van der Waals surface area contributed by atoms with Crippen LogP contribution < -0.4 is 10.7 Å². The lowest BCUT2D eigenvalue weighted by atomic mass is 9.92. The summed E-state index contributed by atoms with van der Waals surface area (Å²) >= 11 is 0. The highest BCUT2D eigenvalue weighted by Gasteiger charge is 2.25. The summed E-state index contributed by atoms with van der Waals surface area (Å²) in [5, 5.41) is 3.93. The van der Waals surface area contributed by atoms with Crippen molar-refractivity contribution in [1.82, 2.24) is 10.3 Å². The Morgan fingerprint density at radius 3 is 2.63 bits per heavy atom. The van der Waals surface area contributed by atoms with Crippen LogP contribution in [-0.4, -0.2) is 36.3 Å². The molecule has 0 spiro atoms. The molecule has 0 atom stereocenters. The highest BCUT2D eigenvalue weighted by molar-refractivity contribution is 5.79. The van der Waals surface area contributed by atoms with Gasteiger partial charge < -0.3 is 19.8 Å². The molecule has 2 aliphatic rings. The van der Waals surface area contributed by atoms with E-state index in [0.29, 0.717) is 18.9 Å². The second-order valence-electron chi connectivity index (χ2n) is 8.72. The molecule has 0 bridgehead atoms. The van der Waals surface area contributed by atoms with Gasteiger partial charge in [-0.1, -0.05) is 12.1 Å². The normalized spacial score (nSPS) is 22.8. The monoisotopic (exact) mass is 412 g/mol. The maximum absolute atomic E-state index is 12.6. The summed E-state index contributed by atoms with van der Waals surface area (Å²) in [6, 6.07) is 7.83. The second kappa shape index (κ2) is 9.75. The van der Waals surface area contributed by atoms with Gasteiger partial charge in [-0.2, -0.15) is 0 Å². The Bertz CT molecular complexity index is 924. The molecule has 1 amide bonds. The Kier molecular flexibility index (Phi) is 6.85. The molecule has 1 aliphatic heterocycles. The van der Waals surface area contributed by atoms with E-state index in [-0.39, 0.29) is 23.5 Å². The van der Waals surface area contributed by atoms with Gasteiger partial charge in [0, 0.05) is 47.8 Å². The maximum Gasteiger partial charge on any atom is 0.220 e. The van der Waals surface area contributed by atoms with Crippen LogP contribution in [0.1, 0.15) is 56.2 Å². The van der Waals surface area contributed by atoms with Crippen molar-refractivity contribution >= 4 is 16.8 Å². The van der Waals surface area contributed by atoms with Crippen LogP contribution in [0.15, 0.2) is 29.1 Å². The summed E-state index contributed by atoms with van der Waals surface area (Å²) < 4.78 is 11.5. The first kappa shape index (κ1) is 21.1. The van der Waals surface area contributed by atoms with Gasteiger partial charge >= 0.3 is 0 Å². The van der Waals surface area contributed by atoms with E-state index >= 15 is 0 Å². The molecule has 4 rings (SSSR count). The number of aromatic nitrogens is 1. The van der Waals surface area contributed by atoms with Crippen LogP contribution in [0, 0.1) is 12.8 Å². The molecule has 1 aliphatic carbocycles. The van der Waals surface area contributed by atoms with Gasteiger partial charge in [0.05, 0.1) is 12.7 Å². The van der Waals surface area contributed by atoms with Crippen LogP contribution in [0.25, 0.3) is 10.9 Å². The highest BCUT2D eigenvalue weighted by Crippen LogP contribution is 2.24. The third kappa shape index (κ3) is 5.10. The van der Waals surface area contributed by atoms with Crippen LogP contribution in [0.5, 0.6) is 0 Å². The summed E-state index contributed by atoms with van der Waals surface area (Å²) in [5.41, 5.74) is 2.50. The summed E-state index contributed by atoms with van der Waals surface area (Å²) in [5.74, 6) is 0.640. The largest absolute Gasteiger partial charge is 0.381 e. The molecule has 6 nitrogen and oxygen atoms in total. The number of nitrogens with one attached hydrogen (secondary N) is 2. The molecular formula is C24H32N2O4. The summed E-state index contributed by atoms with van der Waals surface area (Å²) in [4.78, 5) is 28.3. The number of ether oxygens (including phenoxy) is 2. The smallest absolute Gasteiger partial charge is 0.220 e. The van der Waals surface area contributed by atoms with E-state index in [1.165, 1.54) is 0 Å². The zero-order valence-electron chi connectivity index (χ0n) is 17.7. The molecular weight excluding hydrogens is 380 g/mol. The molecule has 2 aromatic rings. The standard InChI is InChI=1S/C24H32N2O4/c1-16-22(26-21-5-3-2-4-20(21)24(16)28)15-30-19-8-6-18(7-9-19)25-23(27)14-17-10-12-29-13-11-17/h2-5,17-19H,6-15H2,1H3,(H,25,27)(H,26,28). The van der Waals surface area contributed by atoms with Crippen molar-refractivity contribution in [3.05, 3.63) is 45.7 Å². The SMILES string of the molecule is Cc1c(COC2CCC(NC(=O)CC3CCOCC3)CC2)[nH]c2ccccc2c1=O. The number of para-hydroxylation sites is 1. The maximum atomic E-state index is 12.6. The first-order chi connectivity index (χ1) is 14.6. The van der Waals surface area contributed by atoms with E-state index in [4.69, 9.17) is 9.47 Å². The summed E-state index contributed by atoms with van der Waals surface area (Å²) in [6.07, 6.45) is 6.51. The number of amides is 1. The van der Waals surface area contributed by atoms with Gasteiger partial charge in [0.2, 0.25) is 5.91 Å². The fourth-order valence-corrected chi connectivity index (χ4v) is 4.60. The van der Waals surface area contributed by atoms with E-state index < -0.39 is 0 Å². The van der Waals surface area contributed by atoms with Gasteiger partial charge in [-0.15, -0.1) is 0 Å². The van der Waals surface area contributed by atoms with Crippen LogP contribution in [0.4, 0.5) is 0 Å². The van der Waals surface area contributed by atoms with Crippen LogP contribution in [-0.2, 0) is 20.9 Å². The molecule has 1 saturated carbocycles. The van der Waals surface area contributed by atoms with Crippen molar-refractivity contribution < 1.29 is 14.3 Å². The van der Waals surface area contributed by atoms with E-state index in [1.54, 1.807) is 0 Å². The van der Waals surface area contributed by atoms with Gasteiger partial charge in [0.1, 0.15) is 0 Å². The third-order valence-electron chi connectivity index (χ3n) is 6.57. The number of benzene rings is 1. The summed E-state index contributed by atoms with van der Waals surface area (Å²) in [7, 11) is 0. The topological polar surface area (TPSA) is 80.4 Å². The minimum Gasteiger partial charge on any atom is -0.381 e. The molecule has 162 valence electrons. The quantitative estimate of drug-likeness (QED) is 0.760. The van der Waals surface area contributed by atoms with Crippen molar-refractivity contribution in [2.75, 3.05) is 13.2 Å². The molecule has 2 N–H and O–H groups in total. The predicted octanol–water partition coefficient (Wildman–Crippen LogP) is 3.60. The highest BCUT2D eigenvalue weighted by atomic mass is 16.5. The van der Waals surface area contributed by atoms with Crippen LogP contribution in [0.2, 0.25) is 0 Å². The number of fused-ring (bicyclic) bond motifs is 1. The van der Waals surface area contributed by atoms with Gasteiger partial charge in [-0.05, 0) is 63.5 Å². The van der Waals surface area contributed by atoms with Gasteiger partial charge in [-0.3, -0.25) is 9.59 Å². The molecule has 6 heteroatoms. The van der Waals surface area contributed by atoms with Crippen molar-refractivity contribution in [2.45, 2.75) is 70.6 Å². The van der Waals surface area contributed by atoms with Gasteiger partial charge in [0.15, 0.2) is 5.43 Å². The lowest BCUT2D eigenvalue weighted by Gasteiger charge is -2.30. The Balaban J connectivity index is 1.24. The van der Waals surface area contributed by atoms with E-state index in [1.807, 2.05) is 31.2 Å². The Hall–Kier alpha value is -2.18. The lowest BCUT2D eigenvalue weighted by Crippen LogP contribution is -2.40. The van der Waals surface area contributed by atoms with Crippen LogP contribution >= 0.6 is 0 Å². The zero-order chi connectivity index (χ0) is 20.9. The number of pyridine rings is 1. The Labute approximate surface area is 177 Å². The number of rotatable bonds is 6. The number of H-pyrrole nitrogens is 1. The number of aromatic amines is 1. The molecule has 1 saturated heterocycles. The molecule has 30 heavy (non-hydrogen) atoms. The molecule has 0 unspecified atom stereocenters. The van der Waals surface area contributed by atoms with Gasteiger partial charge in [-0.25, -0.2) is 0 Å². The fraction of sp³-hybridized carbons (Fsp3) is 0.583. The average molecular weight is 413 g/mol. The number of hydrogen-bond donors (Lipinski definition) is 2. The van der Waals surface area contributed by atoms with Crippen molar-refractivity contribution in [2.24, 2.45) is 5.92 Å². The van der Waals surface area contributed by atoms with E-state index in [9.17, 15) is 9.59 Å². The molecule has 2 heterocycles.